The van der Waals surface area contributed by atoms with Gasteiger partial charge in [-0.05, 0) is 6.07 Å². The summed E-state index contributed by atoms with van der Waals surface area (Å²) in [6, 6.07) is 2.79. The normalized spacial score (nSPS) is 30.3. The lowest BCUT2D eigenvalue weighted by molar-refractivity contribution is -0.765. The second-order valence-electron chi connectivity index (χ2n) is 10.3. The third-order valence-electron chi connectivity index (χ3n) is 6.98. The van der Waals surface area contributed by atoms with Gasteiger partial charge >= 0.3 is 23.5 Å². The van der Waals surface area contributed by atoms with E-state index in [1.54, 1.807) is 0 Å². The highest BCUT2D eigenvalue weighted by Gasteiger charge is 2.51. The lowest BCUT2D eigenvalue weighted by Crippen LogP contribution is -2.46. The molecule has 264 valence electrons. The summed E-state index contributed by atoms with van der Waals surface area (Å²) in [4.78, 5) is 62.2. The summed E-state index contributed by atoms with van der Waals surface area (Å²) in [6.07, 6.45) is -8.39. The molecule has 0 aromatic carbocycles. The molecule has 0 radical (unpaired) electrons. The molecule has 27 heteroatoms. The summed E-state index contributed by atoms with van der Waals surface area (Å²) in [7, 11) is -16.3. The van der Waals surface area contributed by atoms with Gasteiger partial charge in [0.2, 0.25) is 0 Å². The maximum absolute atomic E-state index is 12.6. The van der Waals surface area contributed by atoms with Crippen LogP contribution in [0, 0.1) is 0 Å². The molecule has 24 nitrogen and oxygen atoms in total. The molecule has 0 aliphatic carbocycles. The number of phosphoric ester groups is 3. The van der Waals surface area contributed by atoms with Crippen molar-refractivity contribution in [2.24, 2.45) is 5.73 Å². The quantitative estimate of drug-likeness (QED) is 0.0626. The molecule has 2 aliphatic heterocycles. The van der Waals surface area contributed by atoms with E-state index >= 15 is 0 Å². The predicted molar refractivity (Wildman–Crippen MR) is 150 cm³/mol. The molecular weight excluding hydrogens is 715 g/mol. The third kappa shape index (κ3) is 8.12. The highest BCUT2D eigenvalue weighted by Crippen LogP contribution is 2.61. The average Bonchev–Trinajstić information content (AvgIpc) is 3.64. The number of fused-ring (bicyclic) bond motifs is 1. The molecule has 2 unspecified atom stereocenters. The van der Waals surface area contributed by atoms with Crippen molar-refractivity contribution < 1.29 is 85.3 Å². The number of primary amides is 1. The Hall–Kier alpha value is -2.86. The molecule has 1 amide bonds. The van der Waals surface area contributed by atoms with Crippen LogP contribution in [0.1, 0.15) is 22.8 Å². The fourth-order valence-electron chi connectivity index (χ4n) is 4.83. The van der Waals surface area contributed by atoms with Gasteiger partial charge in [0.1, 0.15) is 47.9 Å². The molecule has 0 spiro atoms. The number of imidazole rings is 1. The minimum Gasteiger partial charge on any atom is -0.387 e. The molecule has 48 heavy (non-hydrogen) atoms. The van der Waals surface area contributed by atoms with Crippen LogP contribution < -0.4 is 16.0 Å². The van der Waals surface area contributed by atoms with Gasteiger partial charge in [0.05, 0.1) is 19.5 Å². The molecular formula is C21H29N7O17P3+. The fourth-order valence-corrected chi connectivity index (χ4v) is 7.47. The first-order valence-electron chi connectivity index (χ1n) is 13.3. The topological polar surface area (TPSA) is 365 Å². The smallest absolute Gasteiger partial charge is 0.387 e. The zero-order valence-electron chi connectivity index (χ0n) is 23.9. The zero-order chi connectivity index (χ0) is 35.2. The standard InChI is InChI=1S/C21H28N7O17P3/c22-17-12-19(25-7-24-17)28(8-26-12)21-16(44-46(33,34)35)14(30)11(43-21)6-41-48(38,39)45-47(36,37)40-5-10-13(29)15(31)20(42-10)27-3-1-2-9(4-27)18(23)32/h1-4,7-8,10-11,13-16,20-21,29-31H,5-6H2,(H7-,22,23,24,25,32,33,34,35,36,37,38,39)/p+1/t10-,11-,13+,14+,15-,16-,20-,21-/m1/s1. The van der Waals surface area contributed by atoms with E-state index in [-0.39, 0.29) is 22.5 Å². The maximum atomic E-state index is 12.6. The minimum atomic E-state index is -5.52. The summed E-state index contributed by atoms with van der Waals surface area (Å²) in [5, 5.41) is 31.5. The van der Waals surface area contributed by atoms with Crippen LogP contribution in [-0.4, -0.2) is 110 Å². The van der Waals surface area contributed by atoms with Crippen molar-refractivity contribution in [1.29, 1.82) is 0 Å². The highest BCUT2D eigenvalue weighted by molar-refractivity contribution is 7.61. The van der Waals surface area contributed by atoms with E-state index in [1.807, 2.05) is 0 Å². The maximum Gasteiger partial charge on any atom is 0.481 e. The van der Waals surface area contributed by atoms with Gasteiger partial charge in [-0.25, -0.2) is 28.6 Å². The van der Waals surface area contributed by atoms with E-state index in [4.69, 9.17) is 30.0 Å². The van der Waals surface area contributed by atoms with Gasteiger partial charge in [-0.2, -0.15) is 8.88 Å². The molecule has 11 N–H and O–H groups in total. The van der Waals surface area contributed by atoms with E-state index in [0.29, 0.717) is 0 Å². The lowest BCUT2D eigenvalue weighted by atomic mass is 10.1. The number of aliphatic hydroxyl groups is 3. The Balaban J connectivity index is 1.21. The number of carbonyl (C=O) groups is 1. The molecule has 3 aromatic heterocycles. The van der Waals surface area contributed by atoms with Gasteiger partial charge in [-0.3, -0.25) is 22.9 Å². The van der Waals surface area contributed by atoms with Crippen LogP contribution in [0.25, 0.3) is 11.2 Å². The Labute approximate surface area is 267 Å². The van der Waals surface area contributed by atoms with Crippen molar-refractivity contribution in [1.82, 2.24) is 19.5 Å². The van der Waals surface area contributed by atoms with E-state index < -0.39 is 91.7 Å². The summed E-state index contributed by atoms with van der Waals surface area (Å²) < 4.78 is 68.4. The number of hydrogen-bond acceptors (Lipinski definition) is 17. The number of aliphatic hydroxyl groups excluding tert-OH is 3. The van der Waals surface area contributed by atoms with E-state index in [0.717, 1.165) is 17.2 Å². The van der Waals surface area contributed by atoms with Gasteiger partial charge < -0.3 is 55.8 Å². The number of ether oxygens (including phenoxy) is 2. The lowest BCUT2D eigenvalue weighted by Gasteiger charge is -2.22. The van der Waals surface area contributed by atoms with Gasteiger partial charge in [-0.15, -0.1) is 0 Å². The van der Waals surface area contributed by atoms with Gasteiger partial charge in [0.25, 0.3) is 12.1 Å². The average molecular weight is 744 g/mol. The number of amides is 1. The molecule has 2 saturated heterocycles. The van der Waals surface area contributed by atoms with Crippen LogP contribution in [0.4, 0.5) is 5.82 Å². The Kier molecular flexibility index (Phi) is 10.5. The number of anilines is 1. The number of pyridine rings is 1. The Bertz CT molecular complexity index is 1810. The number of aromatic nitrogens is 5. The molecule has 2 aliphatic rings. The molecule has 0 saturated carbocycles. The van der Waals surface area contributed by atoms with Gasteiger partial charge in [0.15, 0.2) is 36.2 Å². The summed E-state index contributed by atoms with van der Waals surface area (Å²) in [5.41, 5.74) is 11.1. The monoisotopic (exact) mass is 744 g/mol. The predicted octanol–water partition coefficient (Wildman–Crippen LogP) is -2.90. The first kappa shape index (κ1) is 36.4. The van der Waals surface area contributed by atoms with Crippen molar-refractivity contribution >= 4 is 46.4 Å². The van der Waals surface area contributed by atoms with E-state index in [2.05, 4.69) is 23.8 Å². The highest BCUT2D eigenvalue weighted by atomic mass is 31.3. The Morgan fingerprint density at radius 2 is 1.60 bits per heavy atom. The number of carbonyl (C=O) groups excluding carboxylic acids is 1. The van der Waals surface area contributed by atoms with E-state index in [9.17, 15) is 53.4 Å². The SMILES string of the molecule is NC(=O)c1ccc[n+]([C@@H]2O[C@H](COP(=O)(O)OP(=O)(O)OC[C@H]3O[C@@H](n4cnc5c(N)ncnc54)[C@H](OP(=O)(O)O)[C@H]3O)[C@H](O)[C@H]2O)c1. The van der Waals surface area contributed by atoms with Gasteiger partial charge in [-0.1, -0.05) is 0 Å². The van der Waals surface area contributed by atoms with Crippen LogP contribution in [0.2, 0.25) is 0 Å². The van der Waals surface area contributed by atoms with Crippen molar-refractivity contribution in [2.45, 2.75) is 49.1 Å². The van der Waals surface area contributed by atoms with Crippen LogP contribution in [0.15, 0.2) is 37.2 Å². The number of nitrogens with two attached hydrogens (primary N) is 2. The number of hydrogen-bond donors (Lipinski definition) is 9. The molecule has 5 heterocycles. The number of phosphoric acid groups is 3. The van der Waals surface area contributed by atoms with Crippen LogP contribution >= 0.6 is 23.5 Å². The first-order chi connectivity index (χ1) is 22.4. The largest absolute Gasteiger partial charge is 0.481 e. The van der Waals surface area contributed by atoms with Crippen LogP contribution in [0.3, 0.4) is 0 Å². The number of nitrogens with zero attached hydrogens (tertiary/aromatic N) is 5. The van der Waals surface area contributed by atoms with Crippen molar-refractivity contribution in [3.63, 3.8) is 0 Å². The van der Waals surface area contributed by atoms with E-state index in [1.165, 1.54) is 29.1 Å². The van der Waals surface area contributed by atoms with Crippen molar-refractivity contribution in [3.8, 4) is 0 Å². The summed E-state index contributed by atoms with van der Waals surface area (Å²) >= 11 is 0. The van der Waals surface area contributed by atoms with Crippen molar-refractivity contribution in [2.75, 3.05) is 18.9 Å². The van der Waals surface area contributed by atoms with Crippen LogP contribution in [0.5, 0.6) is 0 Å². The summed E-state index contributed by atoms with van der Waals surface area (Å²) in [5.74, 6) is -0.848. The molecule has 3 aromatic rings. The Morgan fingerprint density at radius 3 is 2.23 bits per heavy atom. The first-order valence-corrected chi connectivity index (χ1v) is 17.9. The number of rotatable bonds is 13. The minimum absolute atomic E-state index is 0.00286. The van der Waals surface area contributed by atoms with Crippen LogP contribution in [-0.2, 0) is 41.1 Å². The molecule has 10 atom stereocenters. The third-order valence-corrected chi connectivity index (χ3v) is 10.1. The second kappa shape index (κ2) is 13.8. The zero-order valence-corrected chi connectivity index (χ0v) is 26.6. The fraction of sp³-hybridized carbons (Fsp3) is 0.476. The number of nitrogen functional groups attached to an aromatic ring is 1. The van der Waals surface area contributed by atoms with Crippen molar-refractivity contribution in [3.05, 3.63) is 42.7 Å². The molecule has 2 fully saturated rings. The second-order valence-corrected chi connectivity index (χ2v) is 14.5. The Morgan fingerprint density at radius 1 is 0.958 bits per heavy atom. The summed E-state index contributed by atoms with van der Waals surface area (Å²) in [6.45, 7) is -2.03. The molecule has 0 bridgehead atoms. The van der Waals surface area contributed by atoms with Gasteiger partial charge in [0, 0.05) is 6.07 Å². The molecule has 5 rings (SSSR count).